The molecule has 4 nitrogen and oxygen atoms in total. The van der Waals surface area contributed by atoms with Gasteiger partial charge in [-0.2, -0.15) is 0 Å². The lowest BCUT2D eigenvalue weighted by atomic mass is 9.94. The second-order valence-electron chi connectivity index (χ2n) is 5.69. The fraction of sp³-hybridized carbons (Fsp3) is 0.562. The van der Waals surface area contributed by atoms with Crippen molar-refractivity contribution in [2.75, 3.05) is 31.6 Å². The van der Waals surface area contributed by atoms with Crippen LogP contribution in [0.1, 0.15) is 30.1 Å². The molecule has 20 heavy (non-hydrogen) atoms. The van der Waals surface area contributed by atoms with Gasteiger partial charge >= 0.3 is 5.97 Å². The van der Waals surface area contributed by atoms with Crippen molar-refractivity contribution < 1.29 is 9.53 Å². The minimum atomic E-state index is -0.244. The Morgan fingerprint density at radius 1 is 1.40 bits per heavy atom. The van der Waals surface area contributed by atoms with Crippen LogP contribution >= 0.6 is 0 Å². The van der Waals surface area contributed by atoms with Crippen molar-refractivity contribution in [1.29, 1.82) is 0 Å². The fourth-order valence-corrected chi connectivity index (χ4v) is 3.31. The number of anilines is 1. The van der Waals surface area contributed by atoms with Crippen molar-refractivity contribution in [3.05, 3.63) is 29.8 Å². The average Bonchev–Trinajstić information content (AvgIpc) is 2.85. The van der Waals surface area contributed by atoms with E-state index in [2.05, 4.69) is 10.2 Å². The van der Waals surface area contributed by atoms with Gasteiger partial charge in [-0.3, -0.25) is 0 Å². The lowest BCUT2D eigenvalue weighted by Gasteiger charge is -2.31. The van der Waals surface area contributed by atoms with E-state index in [0.717, 1.165) is 11.6 Å². The van der Waals surface area contributed by atoms with Crippen molar-refractivity contribution in [3.8, 4) is 0 Å². The molecule has 2 bridgehead atoms. The van der Waals surface area contributed by atoms with Gasteiger partial charge in [0.25, 0.3) is 0 Å². The Morgan fingerprint density at radius 2 is 2.25 bits per heavy atom. The molecule has 0 radical (unpaired) electrons. The largest absolute Gasteiger partial charge is 0.462 e. The molecule has 2 aliphatic rings. The Morgan fingerprint density at radius 3 is 3.10 bits per heavy atom. The van der Waals surface area contributed by atoms with Gasteiger partial charge < -0.3 is 15.0 Å². The topological polar surface area (TPSA) is 41.6 Å². The molecule has 1 N–H and O–H groups in total. The molecule has 1 aromatic carbocycles. The number of esters is 1. The summed E-state index contributed by atoms with van der Waals surface area (Å²) in [7, 11) is 0. The number of ether oxygens (including phenoxy) is 1. The summed E-state index contributed by atoms with van der Waals surface area (Å²) in [5.41, 5.74) is 1.65. The molecule has 2 fully saturated rings. The first-order valence-electron chi connectivity index (χ1n) is 7.52. The maximum Gasteiger partial charge on any atom is 0.338 e. The second kappa shape index (κ2) is 5.83. The number of nitrogens with one attached hydrogen (secondary N) is 1. The number of piperidine rings is 1. The molecule has 3 atom stereocenters. The summed E-state index contributed by atoms with van der Waals surface area (Å²) in [6, 6.07) is 8.19. The predicted molar refractivity (Wildman–Crippen MR) is 79.0 cm³/mol. The molecule has 0 saturated carbocycles. The van der Waals surface area contributed by atoms with E-state index in [9.17, 15) is 4.79 Å². The third-order valence-electron chi connectivity index (χ3n) is 4.36. The first-order chi connectivity index (χ1) is 9.76. The summed E-state index contributed by atoms with van der Waals surface area (Å²) in [5.74, 6) is 0.502. The number of carbonyl (C=O) groups is 1. The molecular weight excluding hydrogens is 252 g/mol. The Labute approximate surface area is 120 Å². The number of rotatable bonds is 4. The van der Waals surface area contributed by atoms with Crippen molar-refractivity contribution >= 4 is 11.7 Å². The van der Waals surface area contributed by atoms with Crippen molar-refractivity contribution in [1.82, 2.24) is 4.90 Å². The first kappa shape index (κ1) is 13.4. The van der Waals surface area contributed by atoms with Crippen LogP contribution in [0.3, 0.4) is 0 Å². The van der Waals surface area contributed by atoms with Crippen LogP contribution in [0.5, 0.6) is 0 Å². The Kier molecular flexibility index (Phi) is 3.92. The average molecular weight is 274 g/mol. The molecule has 2 heterocycles. The summed E-state index contributed by atoms with van der Waals surface area (Å²) < 4.78 is 5.05. The Bertz CT molecular complexity index is 489. The highest BCUT2D eigenvalue weighted by atomic mass is 16.5. The Balaban J connectivity index is 1.68. The van der Waals surface area contributed by atoms with Gasteiger partial charge in [0.2, 0.25) is 0 Å². The smallest absolute Gasteiger partial charge is 0.338 e. The van der Waals surface area contributed by atoms with Gasteiger partial charge in [0.1, 0.15) is 0 Å². The van der Waals surface area contributed by atoms with Gasteiger partial charge in [0.15, 0.2) is 0 Å². The number of carbonyl (C=O) groups excluding carboxylic acids is 1. The molecule has 0 aliphatic carbocycles. The fourth-order valence-electron chi connectivity index (χ4n) is 3.31. The van der Waals surface area contributed by atoms with Gasteiger partial charge in [0, 0.05) is 24.8 Å². The van der Waals surface area contributed by atoms with Gasteiger partial charge in [-0.15, -0.1) is 0 Å². The first-order valence-corrected chi connectivity index (χ1v) is 7.52. The minimum Gasteiger partial charge on any atom is -0.462 e. The van der Waals surface area contributed by atoms with E-state index in [1.54, 1.807) is 6.07 Å². The number of hydrogen-bond donors (Lipinski definition) is 1. The number of benzene rings is 1. The van der Waals surface area contributed by atoms with Crippen LogP contribution < -0.4 is 5.32 Å². The zero-order valence-corrected chi connectivity index (χ0v) is 12.0. The van der Waals surface area contributed by atoms with Crippen LogP contribution in [0, 0.1) is 5.92 Å². The molecule has 3 rings (SSSR count). The molecule has 0 aromatic heterocycles. The molecule has 0 spiro atoms. The summed E-state index contributed by atoms with van der Waals surface area (Å²) in [6.07, 6.45) is 2.48. The van der Waals surface area contributed by atoms with Gasteiger partial charge in [-0.05, 0) is 50.4 Å². The molecule has 3 unspecified atom stereocenters. The van der Waals surface area contributed by atoms with Crippen LogP contribution in [-0.4, -0.2) is 43.2 Å². The highest BCUT2D eigenvalue weighted by Gasteiger charge is 2.34. The molecule has 2 saturated heterocycles. The zero-order valence-electron chi connectivity index (χ0n) is 12.0. The molecule has 0 amide bonds. The number of fused-ring (bicyclic) bond motifs is 2. The van der Waals surface area contributed by atoms with Crippen LogP contribution in [0.4, 0.5) is 5.69 Å². The third kappa shape index (κ3) is 2.80. The predicted octanol–water partition coefficient (Wildman–Crippen LogP) is 2.37. The van der Waals surface area contributed by atoms with E-state index in [1.165, 1.54) is 32.5 Å². The number of hydrogen-bond acceptors (Lipinski definition) is 4. The lowest BCUT2D eigenvalue weighted by molar-refractivity contribution is 0.0526. The van der Waals surface area contributed by atoms with E-state index < -0.39 is 0 Å². The maximum atomic E-state index is 11.8. The lowest BCUT2D eigenvalue weighted by Crippen LogP contribution is -2.39. The van der Waals surface area contributed by atoms with Crippen LogP contribution in [0.15, 0.2) is 24.3 Å². The second-order valence-corrected chi connectivity index (χ2v) is 5.69. The van der Waals surface area contributed by atoms with E-state index >= 15 is 0 Å². The highest BCUT2D eigenvalue weighted by Crippen LogP contribution is 2.29. The van der Waals surface area contributed by atoms with Gasteiger partial charge in [-0.1, -0.05) is 6.07 Å². The van der Waals surface area contributed by atoms with Crippen LogP contribution in [0.25, 0.3) is 0 Å². The SMILES string of the molecule is CCOC(=O)c1cccc(NC2CCN3CCC2C3)c1. The van der Waals surface area contributed by atoms with Crippen molar-refractivity contribution in [3.63, 3.8) is 0 Å². The summed E-state index contributed by atoms with van der Waals surface area (Å²) >= 11 is 0. The summed E-state index contributed by atoms with van der Waals surface area (Å²) in [5, 5.41) is 3.61. The molecule has 108 valence electrons. The van der Waals surface area contributed by atoms with Crippen molar-refractivity contribution in [2.24, 2.45) is 5.92 Å². The quantitative estimate of drug-likeness (QED) is 0.856. The van der Waals surface area contributed by atoms with E-state index in [1.807, 2.05) is 25.1 Å². The van der Waals surface area contributed by atoms with Crippen LogP contribution in [0.2, 0.25) is 0 Å². The zero-order chi connectivity index (χ0) is 13.9. The summed E-state index contributed by atoms with van der Waals surface area (Å²) in [4.78, 5) is 14.3. The van der Waals surface area contributed by atoms with Gasteiger partial charge in [0.05, 0.1) is 12.2 Å². The minimum absolute atomic E-state index is 0.244. The van der Waals surface area contributed by atoms with Gasteiger partial charge in [-0.25, -0.2) is 4.79 Å². The van der Waals surface area contributed by atoms with E-state index in [4.69, 9.17) is 4.74 Å². The molecule has 4 heteroatoms. The molecule has 1 aromatic rings. The van der Waals surface area contributed by atoms with E-state index in [0.29, 0.717) is 18.2 Å². The van der Waals surface area contributed by atoms with Crippen LogP contribution in [-0.2, 0) is 4.74 Å². The third-order valence-corrected chi connectivity index (χ3v) is 4.36. The van der Waals surface area contributed by atoms with E-state index in [-0.39, 0.29) is 5.97 Å². The number of nitrogens with zero attached hydrogens (tertiary/aromatic N) is 1. The Hall–Kier alpha value is -1.55. The summed E-state index contributed by atoms with van der Waals surface area (Å²) in [6.45, 7) is 5.89. The highest BCUT2D eigenvalue weighted by molar-refractivity contribution is 5.90. The maximum absolute atomic E-state index is 11.8. The molecular formula is C16H22N2O2. The monoisotopic (exact) mass is 274 g/mol. The van der Waals surface area contributed by atoms with Crippen molar-refractivity contribution in [2.45, 2.75) is 25.8 Å². The normalized spacial score (nSPS) is 28.1. The standard InChI is InChI=1S/C16H22N2O2/c1-2-20-16(19)12-4-3-5-14(10-12)17-15-7-9-18-8-6-13(15)11-18/h3-5,10,13,15,17H,2,6-9,11H2,1H3. The molecule has 2 aliphatic heterocycles.